The van der Waals surface area contributed by atoms with E-state index in [0.717, 1.165) is 6.07 Å². The summed E-state index contributed by atoms with van der Waals surface area (Å²) in [5.41, 5.74) is -0.328. The van der Waals surface area contributed by atoms with Crippen molar-refractivity contribution in [3.05, 3.63) is 29.3 Å². The van der Waals surface area contributed by atoms with E-state index in [0.29, 0.717) is 12.8 Å². The second-order valence-corrected chi connectivity index (χ2v) is 6.00. The molecule has 3 nitrogen and oxygen atoms in total. The van der Waals surface area contributed by atoms with Gasteiger partial charge in [-0.2, -0.15) is 13.2 Å². The largest absolute Gasteiger partial charge is 0.416 e. The summed E-state index contributed by atoms with van der Waals surface area (Å²) >= 11 is 0. The van der Waals surface area contributed by atoms with Crippen LogP contribution in [0.25, 0.3) is 0 Å². The van der Waals surface area contributed by atoms with E-state index in [1.54, 1.807) is 6.92 Å². The molecule has 0 unspecified atom stereocenters. The summed E-state index contributed by atoms with van der Waals surface area (Å²) in [6.07, 6.45) is 0.0657. The van der Waals surface area contributed by atoms with Crippen LogP contribution < -0.4 is 5.32 Å². The zero-order chi connectivity index (χ0) is 20.6. The maximum atomic E-state index is 12.5. The molecule has 26 heavy (non-hydrogen) atoms. The van der Waals surface area contributed by atoms with E-state index in [4.69, 9.17) is 0 Å². The third-order valence-electron chi connectivity index (χ3n) is 3.23. The highest BCUT2D eigenvalue weighted by molar-refractivity contribution is 5.71. The van der Waals surface area contributed by atoms with Crippen molar-refractivity contribution in [2.75, 3.05) is 25.5 Å². The predicted octanol–water partition coefficient (Wildman–Crippen LogP) is 5.99. The second-order valence-electron chi connectivity index (χ2n) is 6.00. The van der Waals surface area contributed by atoms with E-state index in [9.17, 15) is 18.0 Å². The molecule has 6 heteroatoms. The molecule has 1 rings (SSSR count). The number of nitrogens with zero attached hydrogens (tertiary/aromatic N) is 1. The summed E-state index contributed by atoms with van der Waals surface area (Å²) < 4.78 is 37.6. The minimum atomic E-state index is -4.38. The molecule has 0 aliphatic carbocycles. The quantitative estimate of drug-likeness (QED) is 0.593. The summed E-state index contributed by atoms with van der Waals surface area (Å²) in [5.74, 6) is 0. The monoisotopic (exact) mass is 376 g/mol. The van der Waals surface area contributed by atoms with Crippen LogP contribution >= 0.6 is 0 Å². The van der Waals surface area contributed by atoms with Gasteiger partial charge >= 0.3 is 6.18 Å². The first-order chi connectivity index (χ1) is 12.2. The molecule has 0 heterocycles. The Labute approximate surface area is 157 Å². The fourth-order valence-corrected chi connectivity index (χ4v) is 2.18. The van der Waals surface area contributed by atoms with E-state index in [2.05, 4.69) is 45.0 Å². The molecule has 1 amide bonds. The molecule has 0 saturated heterocycles. The number of rotatable bonds is 7. The number of amides is 1. The Morgan fingerprint density at radius 1 is 1.04 bits per heavy atom. The minimum Gasteiger partial charge on any atom is -0.329 e. The van der Waals surface area contributed by atoms with Gasteiger partial charge in [-0.05, 0) is 57.1 Å². The maximum absolute atomic E-state index is 12.5. The van der Waals surface area contributed by atoms with Crippen molar-refractivity contribution in [3.63, 3.8) is 0 Å². The normalized spacial score (nSPS) is 10.4. The molecule has 0 fully saturated rings. The number of alkyl halides is 3. The molecule has 0 aromatic heterocycles. The van der Waals surface area contributed by atoms with Crippen LogP contribution in [0, 0.1) is 0 Å². The Kier molecular flexibility index (Phi) is 16.1. The van der Waals surface area contributed by atoms with Gasteiger partial charge in [-0.25, -0.2) is 0 Å². The van der Waals surface area contributed by atoms with E-state index in [1.807, 2.05) is 0 Å². The molecule has 0 atom stereocenters. The lowest BCUT2D eigenvalue weighted by molar-refractivity contribution is -0.138. The molecule has 152 valence electrons. The summed E-state index contributed by atoms with van der Waals surface area (Å²) in [6, 6.07) is 3.75. The van der Waals surface area contributed by atoms with E-state index >= 15 is 0 Å². The number of nitrogens with one attached hydrogen (secondary N) is 1. The summed E-state index contributed by atoms with van der Waals surface area (Å²) in [6.45, 7) is 12.8. The molecule has 1 aromatic carbocycles. The van der Waals surface area contributed by atoms with Crippen LogP contribution in [0.1, 0.15) is 65.0 Å². The van der Waals surface area contributed by atoms with Crippen LogP contribution in [0.5, 0.6) is 0 Å². The molecule has 1 N–H and O–H groups in total. The highest BCUT2D eigenvalue weighted by Gasteiger charge is 2.33. The van der Waals surface area contributed by atoms with E-state index < -0.39 is 11.7 Å². The van der Waals surface area contributed by atoms with Gasteiger partial charge in [0.2, 0.25) is 6.41 Å². The van der Waals surface area contributed by atoms with Gasteiger partial charge in [-0.15, -0.1) is 0 Å². The van der Waals surface area contributed by atoms with Gasteiger partial charge < -0.3 is 10.2 Å². The van der Waals surface area contributed by atoms with E-state index in [-0.39, 0.29) is 11.3 Å². The Morgan fingerprint density at radius 3 is 1.88 bits per heavy atom. The molecule has 0 spiro atoms. The molecule has 0 bridgehead atoms. The highest BCUT2D eigenvalue weighted by Crippen LogP contribution is 2.33. The first-order valence-corrected chi connectivity index (χ1v) is 9.30. The van der Waals surface area contributed by atoms with Crippen molar-refractivity contribution >= 4 is 12.1 Å². The van der Waals surface area contributed by atoms with Gasteiger partial charge in [-0.1, -0.05) is 47.1 Å². The van der Waals surface area contributed by atoms with Crippen LogP contribution in [0.4, 0.5) is 18.9 Å². The van der Waals surface area contributed by atoms with Gasteiger partial charge in [0.05, 0.1) is 5.56 Å². The minimum absolute atomic E-state index is 0.148. The average Bonchev–Trinajstić information content (AvgIpc) is 2.56. The summed E-state index contributed by atoms with van der Waals surface area (Å²) in [7, 11) is 2.17. The lowest BCUT2D eigenvalue weighted by Gasteiger charge is -2.12. The van der Waals surface area contributed by atoms with E-state index in [1.165, 1.54) is 44.5 Å². The Morgan fingerprint density at radius 2 is 1.54 bits per heavy atom. The average molecular weight is 377 g/mol. The van der Waals surface area contributed by atoms with Gasteiger partial charge in [0, 0.05) is 5.69 Å². The fraction of sp³-hybridized carbons (Fsp3) is 0.650. The van der Waals surface area contributed by atoms with Crippen molar-refractivity contribution in [3.8, 4) is 0 Å². The SMILES string of the molecule is CCC.CCCN(C)CCC.CCc1ccc(NC=O)cc1C(F)(F)F. The topological polar surface area (TPSA) is 32.3 Å². The summed E-state index contributed by atoms with van der Waals surface area (Å²) in [5, 5.41) is 2.19. The molecule has 0 aliphatic rings. The van der Waals surface area contributed by atoms with Crippen molar-refractivity contribution in [1.82, 2.24) is 4.90 Å². The zero-order valence-corrected chi connectivity index (χ0v) is 17.0. The molecule has 1 aromatic rings. The number of carbonyl (C=O) groups is 1. The first kappa shape index (κ1) is 26.7. The number of hydrogen-bond acceptors (Lipinski definition) is 2. The number of aryl methyl sites for hydroxylation is 1. The number of carbonyl (C=O) groups excluding carboxylic acids is 1. The molecular weight excluding hydrogens is 341 g/mol. The predicted molar refractivity (Wildman–Crippen MR) is 105 cm³/mol. The van der Waals surface area contributed by atoms with Crippen molar-refractivity contribution < 1.29 is 18.0 Å². The molecule has 0 aliphatic heterocycles. The maximum Gasteiger partial charge on any atom is 0.416 e. The number of benzene rings is 1. The molecular formula is C20H35F3N2O. The van der Waals surface area contributed by atoms with Crippen LogP contribution in [-0.4, -0.2) is 31.4 Å². The third kappa shape index (κ3) is 12.8. The Bertz CT molecular complexity index is 471. The van der Waals surface area contributed by atoms with Crippen LogP contribution in [0.15, 0.2) is 18.2 Å². The third-order valence-corrected chi connectivity index (χ3v) is 3.23. The lowest BCUT2D eigenvalue weighted by atomic mass is 10.0. The summed E-state index contributed by atoms with van der Waals surface area (Å²) in [4.78, 5) is 12.5. The van der Waals surface area contributed by atoms with Crippen LogP contribution in [0.2, 0.25) is 0 Å². The van der Waals surface area contributed by atoms with Gasteiger partial charge in [0.25, 0.3) is 0 Å². The number of hydrogen-bond donors (Lipinski definition) is 1. The van der Waals surface area contributed by atoms with Crippen molar-refractivity contribution in [2.24, 2.45) is 0 Å². The Hall–Kier alpha value is -1.56. The highest BCUT2D eigenvalue weighted by atomic mass is 19.4. The van der Waals surface area contributed by atoms with Crippen molar-refractivity contribution in [1.29, 1.82) is 0 Å². The lowest BCUT2D eigenvalue weighted by Crippen LogP contribution is -2.19. The standard InChI is InChI=1S/C10H10F3NO.C7H17N.C3H8/c1-2-7-3-4-8(14-6-15)5-9(7)10(11,12)13;1-4-6-8(3)7-5-2;1-3-2/h3-6H,2H2,1H3,(H,14,15);4-7H2,1-3H3;3H2,1-2H3. The number of anilines is 1. The smallest absolute Gasteiger partial charge is 0.329 e. The number of halogens is 3. The van der Waals surface area contributed by atoms with Gasteiger partial charge in [0.15, 0.2) is 0 Å². The second kappa shape index (κ2) is 15.7. The van der Waals surface area contributed by atoms with Gasteiger partial charge in [-0.3, -0.25) is 4.79 Å². The fourth-order valence-electron chi connectivity index (χ4n) is 2.18. The van der Waals surface area contributed by atoms with Gasteiger partial charge in [0.1, 0.15) is 0 Å². The molecule has 0 saturated carbocycles. The Balaban J connectivity index is 0. The van der Waals surface area contributed by atoms with Crippen molar-refractivity contribution in [2.45, 2.75) is 66.5 Å². The zero-order valence-electron chi connectivity index (χ0n) is 17.0. The molecule has 0 radical (unpaired) electrons. The first-order valence-electron chi connectivity index (χ1n) is 9.30. The van der Waals surface area contributed by atoms with Crippen LogP contribution in [-0.2, 0) is 17.4 Å². The van der Waals surface area contributed by atoms with Crippen LogP contribution in [0.3, 0.4) is 0 Å².